The normalized spacial score (nSPS) is 10.7. The maximum absolute atomic E-state index is 12.4. The number of ether oxygens (including phenoxy) is 1. The van der Waals surface area contributed by atoms with Gasteiger partial charge in [0.1, 0.15) is 5.75 Å². The van der Waals surface area contributed by atoms with Gasteiger partial charge in [0, 0.05) is 24.0 Å². The van der Waals surface area contributed by atoms with Crippen LogP contribution < -0.4 is 10.1 Å². The van der Waals surface area contributed by atoms with Crippen molar-refractivity contribution in [2.75, 3.05) is 12.4 Å². The summed E-state index contributed by atoms with van der Waals surface area (Å²) < 4.78 is 9.52. The molecule has 0 spiro atoms. The summed E-state index contributed by atoms with van der Waals surface area (Å²) in [6.07, 6.45) is 2.02. The van der Waals surface area contributed by atoms with Crippen LogP contribution in [0.3, 0.4) is 0 Å². The summed E-state index contributed by atoms with van der Waals surface area (Å²) in [6, 6.07) is 8.87. The highest BCUT2D eigenvalue weighted by Crippen LogP contribution is 2.25. The summed E-state index contributed by atoms with van der Waals surface area (Å²) in [6.45, 7) is 3.51. The number of methoxy groups -OCH3 is 1. The number of halogens is 1. The first-order valence-corrected chi connectivity index (χ1v) is 9.49. The Hall–Kier alpha value is -2.16. The minimum atomic E-state index is -0.303. The molecule has 0 unspecified atom stereocenters. The fourth-order valence-corrected chi connectivity index (χ4v) is 3.75. The third-order valence-electron chi connectivity index (χ3n) is 3.82. The zero-order chi connectivity index (χ0) is 18.7. The highest BCUT2D eigenvalue weighted by molar-refractivity contribution is 7.73. The topological polar surface area (TPSA) is 61.1 Å². The van der Waals surface area contributed by atoms with Gasteiger partial charge < -0.3 is 9.30 Å². The highest BCUT2D eigenvalue weighted by Gasteiger charge is 2.13. The van der Waals surface area contributed by atoms with Crippen molar-refractivity contribution >= 4 is 46.2 Å². The predicted octanol–water partition coefficient (Wildman–Crippen LogP) is 4.46. The zero-order valence-electron chi connectivity index (χ0n) is 14.2. The number of hydrogen-bond acceptors (Lipinski definition) is 5. The van der Waals surface area contributed by atoms with E-state index in [1.165, 1.54) is 18.4 Å². The van der Waals surface area contributed by atoms with E-state index < -0.39 is 0 Å². The molecule has 0 aliphatic heterocycles. The molecule has 3 rings (SSSR count). The SMILES string of the molecule is CCn1cccc1Cn1nc(NC(=O)c2ccc(OC)c(Cl)c2)sc1=S. The number of hydrogen-bond donors (Lipinski definition) is 1. The molecule has 2 aromatic heterocycles. The van der Waals surface area contributed by atoms with E-state index in [0.717, 1.165) is 12.2 Å². The van der Waals surface area contributed by atoms with Gasteiger partial charge in [-0.25, -0.2) is 4.68 Å². The van der Waals surface area contributed by atoms with Crippen LogP contribution in [-0.4, -0.2) is 27.4 Å². The Morgan fingerprint density at radius 1 is 1.42 bits per heavy atom. The first-order valence-electron chi connectivity index (χ1n) is 7.88. The predicted molar refractivity (Wildman–Crippen MR) is 106 cm³/mol. The monoisotopic (exact) mass is 408 g/mol. The van der Waals surface area contributed by atoms with Crippen LogP contribution >= 0.6 is 35.2 Å². The van der Waals surface area contributed by atoms with E-state index in [2.05, 4.69) is 21.9 Å². The van der Waals surface area contributed by atoms with Crippen molar-refractivity contribution in [1.29, 1.82) is 0 Å². The smallest absolute Gasteiger partial charge is 0.257 e. The van der Waals surface area contributed by atoms with E-state index in [1.807, 2.05) is 18.3 Å². The van der Waals surface area contributed by atoms with Crippen molar-refractivity contribution in [2.45, 2.75) is 20.0 Å². The number of amides is 1. The Kier molecular flexibility index (Phi) is 5.75. The van der Waals surface area contributed by atoms with Crippen LogP contribution in [0.2, 0.25) is 5.02 Å². The van der Waals surface area contributed by atoms with Gasteiger partial charge in [-0.05, 0) is 49.5 Å². The van der Waals surface area contributed by atoms with Gasteiger partial charge in [0.15, 0.2) is 3.95 Å². The molecule has 1 amide bonds. The molecule has 2 heterocycles. The maximum Gasteiger partial charge on any atom is 0.257 e. The van der Waals surface area contributed by atoms with Gasteiger partial charge in [-0.3, -0.25) is 10.1 Å². The standard InChI is InChI=1S/C17H17ClN4O2S2/c1-3-21-8-4-5-12(21)10-22-17(25)26-16(20-22)19-15(23)11-6-7-14(24-2)13(18)9-11/h4-9H,3,10H2,1-2H3,(H,19,20,23). The minimum absolute atomic E-state index is 0.303. The number of aryl methyl sites for hydroxylation is 1. The van der Waals surface area contributed by atoms with Crippen LogP contribution in [0.5, 0.6) is 5.75 Å². The van der Waals surface area contributed by atoms with Crippen LogP contribution in [0.4, 0.5) is 5.13 Å². The molecule has 26 heavy (non-hydrogen) atoms. The number of anilines is 1. The zero-order valence-corrected chi connectivity index (χ0v) is 16.6. The van der Waals surface area contributed by atoms with Crippen molar-refractivity contribution in [3.8, 4) is 5.75 Å². The van der Waals surface area contributed by atoms with Crippen LogP contribution in [0.1, 0.15) is 23.0 Å². The lowest BCUT2D eigenvalue weighted by atomic mass is 10.2. The minimum Gasteiger partial charge on any atom is -0.495 e. The van der Waals surface area contributed by atoms with Crippen molar-refractivity contribution in [2.24, 2.45) is 0 Å². The second-order valence-electron chi connectivity index (χ2n) is 5.42. The molecule has 1 aromatic carbocycles. The fourth-order valence-electron chi connectivity index (χ4n) is 2.49. The molecule has 0 atom stereocenters. The Balaban J connectivity index is 1.76. The van der Waals surface area contributed by atoms with Gasteiger partial charge in [0.2, 0.25) is 5.13 Å². The lowest BCUT2D eigenvalue weighted by Crippen LogP contribution is -2.13. The summed E-state index contributed by atoms with van der Waals surface area (Å²) in [5.41, 5.74) is 1.53. The summed E-state index contributed by atoms with van der Waals surface area (Å²) in [4.78, 5) is 12.4. The van der Waals surface area contributed by atoms with Crippen LogP contribution in [0.15, 0.2) is 36.5 Å². The Morgan fingerprint density at radius 3 is 2.92 bits per heavy atom. The Bertz CT molecular complexity index is 993. The number of rotatable bonds is 6. The first-order chi connectivity index (χ1) is 12.5. The van der Waals surface area contributed by atoms with Crippen molar-refractivity contribution in [3.63, 3.8) is 0 Å². The Morgan fingerprint density at radius 2 is 2.23 bits per heavy atom. The molecular formula is C17H17ClN4O2S2. The third kappa shape index (κ3) is 3.98. The molecule has 9 heteroatoms. The molecule has 6 nitrogen and oxygen atoms in total. The average Bonchev–Trinajstić information content (AvgIpc) is 3.21. The third-order valence-corrected chi connectivity index (χ3v) is 5.34. The summed E-state index contributed by atoms with van der Waals surface area (Å²) in [5, 5.41) is 8.00. The van der Waals surface area contributed by atoms with E-state index in [-0.39, 0.29) is 5.91 Å². The molecule has 0 saturated carbocycles. The van der Waals surface area contributed by atoms with Gasteiger partial charge in [0.25, 0.3) is 5.91 Å². The number of benzene rings is 1. The number of carbonyl (C=O) groups is 1. The van der Waals surface area contributed by atoms with Crippen LogP contribution in [-0.2, 0) is 13.1 Å². The van der Waals surface area contributed by atoms with E-state index in [0.29, 0.717) is 32.0 Å². The molecule has 0 fully saturated rings. The van der Waals surface area contributed by atoms with Gasteiger partial charge in [-0.15, -0.1) is 5.10 Å². The van der Waals surface area contributed by atoms with E-state index in [9.17, 15) is 4.79 Å². The van der Waals surface area contributed by atoms with Gasteiger partial charge in [-0.2, -0.15) is 0 Å². The molecule has 3 aromatic rings. The molecule has 136 valence electrons. The Labute approximate surface area is 165 Å². The van der Waals surface area contributed by atoms with Gasteiger partial charge in [-0.1, -0.05) is 22.9 Å². The quantitative estimate of drug-likeness (QED) is 0.612. The van der Waals surface area contributed by atoms with Crippen molar-refractivity contribution < 1.29 is 9.53 Å². The molecule has 0 saturated heterocycles. The van der Waals surface area contributed by atoms with E-state index >= 15 is 0 Å². The molecule has 0 aliphatic rings. The second kappa shape index (κ2) is 8.03. The first kappa shape index (κ1) is 18.6. The molecule has 1 N–H and O–H groups in total. The largest absolute Gasteiger partial charge is 0.495 e. The highest BCUT2D eigenvalue weighted by atomic mass is 35.5. The number of aromatic nitrogens is 3. The van der Waals surface area contributed by atoms with Crippen LogP contribution in [0, 0.1) is 3.95 Å². The fraction of sp³-hybridized carbons (Fsp3) is 0.235. The van der Waals surface area contributed by atoms with E-state index in [1.54, 1.807) is 22.9 Å². The lowest BCUT2D eigenvalue weighted by molar-refractivity contribution is 0.102. The second-order valence-corrected chi connectivity index (χ2v) is 7.45. The number of nitrogens with one attached hydrogen (secondary N) is 1. The number of carbonyl (C=O) groups excluding carboxylic acids is 1. The summed E-state index contributed by atoms with van der Waals surface area (Å²) in [7, 11) is 1.52. The number of nitrogens with zero attached hydrogens (tertiary/aromatic N) is 3. The molecule has 0 radical (unpaired) electrons. The van der Waals surface area contributed by atoms with Crippen LogP contribution in [0.25, 0.3) is 0 Å². The lowest BCUT2D eigenvalue weighted by Gasteiger charge is -2.06. The summed E-state index contributed by atoms with van der Waals surface area (Å²) >= 11 is 12.7. The maximum atomic E-state index is 12.4. The van der Waals surface area contributed by atoms with Gasteiger partial charge >= 0.3 is 0 Å². The molecule has 0 aliphatic carbocycles. The molecule has 0 bridgehead atoms. The van der Waals surface area contributed by atoms with Crippen molar-refractivity contribution in [1.82, 2.24) is 14.3 Å². The summed E-state index contributed by atoms with van der Waals surface area (Å²) in [5.74, 6) is 0.212. The van der Waals surface area contributed by atoms with Gasteiger partial charge in [0.05, 0.1) is 18.7 Å². The average molecular weight is 409 g/mol. The van der Waals surface area contributed by atoms with E-state index in [4.69, 9.17) is 28.6 Å². The van der Waals surface area contributed by atoms with Crippen molar-refractivity contribution in [3.05, 3.63) is 56.8 Å². The molecular weight excluding hydrogens is 392 g/mol.